The Hall–Kier alpha value is -2.09. The minimum absolute atomic E-state index is 0.0226. The second-order valence-corrected chi connectivity index (χ2v) is 7.05. The number of carboxylic acids is 1. The van der Waals surface area contributed by atoms with Gasteiger partial charge in [-0.15, -0.1) is 0 Å². The molecule has 2 aliphatic rings. The highest BCUT2D eigenvalue weighted by Crippen LogP contribution is 2.31. The molecule has 2 aliphatic heterocycles. The zero-order valence-corrected chi connectivity index (χ0v) is 14.8. The first-order chi connectivity index (χ1) is 11.9. The smallest absolute Gasteiger partial charge is 0.331 e. The number of carboxylic acid groups (broad SMARTS) is 1. The molecule has 2 fully saturated rings. The van der Waals surface area contributed by atoms with E-state index >= 15 is 0 Å². The fourth-order valence-corrected chi connectivity index (χ4v) is 3.45. The van der Waals surface area contributed by atoms with Crippen LogP contribution in [-0.2, 0) is 15.1 Å². The maximum atomic E-state index is 12.6. The fraction of sp³-hybridized carbons (Fsp3) is 0.706. The van der Waals surface area contributed by atoms with Crippen molar-refractivity contribution < 1.29 is 19.4 Å². The molecule has 0 unspecified atom stereocenters. The van der Waals surface area contributed by atoms with Crippen LogP contribution in [0.15, 0.2) is 12.3 Å². The summed E-state index contributed by atoms with van der Waals surface area (Å²) in [5, 5.41) is 14.4. The van der Waals surface area contributed by atoms with Gasteiger partial charge in [0.25, 0.3) is 0 Å². The number of piperidine rings is 1. The molecule has 0 aliphatic carbocycles. The normalized spacial score (nSPS) is 20.8. The van der Waals surface area contributed by atoms with Gasteiger partial charge in [0.05, 0.1) is 18.9 Å². The first kappa shape index (κ1) is 17.7. The number of hydrogen-bond donors (Lipinski definition) is 1. The van der Waals surface area contributed by atoms with Gasteiger partial charge in [-0.3, -0.25) is 4.68 Å². The van der Waals surface area contributed by atoms with Crippen LogP contribution in [0.25, 0.3) is 0 Å². The van der Waals surface area contributed by atoms with E-state index in [1.54, 1.807) is 20.7 Å². The standard InChI is InChI=1S/C17H26N4O4/c1-13(2)14-3-6-21(18-14)17(15(22)23)4-7-19(8-5-17)16(24)20-9-11-25-12-10-20/h3,6,13H,4-5,7-12H2,1-2H3,(H,22,23). The first-order valence-electron chi connectivity index (χ1n) is 8.85. The molecule has 8 heteroatoms. The highest BCUT2D eigenvalue weighted by molar-refractivity contribution is 5.78. The number of urea groups is 1. The SMILES string of the molecule is CC(C)c1ccn(C2(C(=O)O)CCN(C(=O)N3CCOCC3)CC2)n1. The van der Waals surface area contributed by atoms with Gasteiger partial charge in [0.2, 0.25) is 0 Å². The monoisotopic (exact) mass is 350 g/mol. The lowest BCUT2D eigenvalue weighted by molar-refractivity contribution is -0.150. The maximum Gasteiger partial charge on any atom is 0.331 e. The summed E-state index contributed by atoms with van der Waals surface area (Å²) >= 11 is 0. The predicted octanol–water partition coefficient (Wildman–Crippen LogP) is 1.33. The van der Waals surface area contributed by atoms with E-state index in [4.69, 9.17) is 4.74 Å². The quantitative estimate of drug-likeness (QED) is 0.889. The number of aromatic nitrogens is 2. The topological polar surface area (TPSA) is 87.9 Å². The van der Waals surface area contributed by atoms with E-state index < -0.39 is 11.5 Å². The van der Waals surface area contributed by atoms with Crippen LogP contribution in [0.5, 0.6) is 0 Å². The molecule has 3 heterocycles. The Morgan fingerprint density at radius 2 is 1.76 bits per heavy atom. The molecule has 0 aromatic carbocycles. The first-order valence-corrected chi connectivity index (χ1v) is 8.85. The molecule has 138 valence electrons. The van der Waals surface area contributed by atoms with E-state index in [2.05, 4.69) is 5.10 Å². The molecular weight excluding hydrogens is 324 g/mol. The van der Waals surface area contributed by atoms with Crippen LogP contribution in [-0.4, -0.2) is 76.1 Å². The van der Waals surface area contributed by atoms with E-state index in [1.165, 1.54) is 0 Å². The van der Waals surface area contributed by atoms with Gasteiger partial charge in [-0.25, -0.2) is 9.59 Å². The average molecular weight is 350 g/mol. The number of rotatable bonds is 3. The van der Waals surface area contributed by atoms with E-state index in [1.807, 2.05) is 19.9 Å². The molecule has 0 radical (unpaired) electrons. The van der Waals surface area contributed by atoms with Crippen LogP contribution in [0.4, 0.5) is 4.79 Å². The number of aliphatic carboxylic acids is 1. The van der Waals surface area contributed by atoms with Crippen LogP contribution in [0.3, 0.4) is 0 Å². The van der Waals surface area contributed by atoms with Crippen molar-refractivity contribution in [3.05, 3.63) is 18.0 Å². The number of ether oxygens (including phenoxy) is 1. The highest BCUT2D eigenvalue weighted by atomic mass is 16.5. The predicted molar refractivity (Wildman–Crippen MR) is 90.5 cm³/mol. The lowest BCUT2D eigenvalue weighted by Crippen LogP contribution is -2.56. The third kappa shape index (κ3) is 3.35. The van der Waals surface area contributed by atoms with Crippen LogP contribution >= 0.6 is 0 Å². The van der Waals surface area contributed by atoms with Gasteiger partial charge in [0.1, 0.15) is 0 Å². The van der Waals surface area contributed by atoms with Crippen molar-refractivity contribution in [2.75, 3.05) is 39.4 Å². The maximum absolute atomic E-state index is 12.6. The van der Waals surface area contributed by atoms with Crippen LogP contribution < -0.4 is 0 Å². The van der Waals surface area contributed by atoms with Gasteiger partial charge in [0.15, 0.2) is 5.54 Å². The van der Waals surface area contributed by atoms with Crippen molar-refractivity contribution in [1.29, 1.82) is 0 Å². The summed E-state index contributed by atoms with van der Waals surface area (Å²) in [6.07, 6.45) is 2.47. The molecule has 3 rings (SSSR count). The molecule has 0 atom stereocenters. The largest absolute Gasteiger partial charge is 0.479 e. The Balaban J connectivity index is 1.72. The molecule has 2 amide bonds. The minimum atomic E-state index is -1.07. The highest BCUT2D eigenvalue weighted by Gasteiger charge is 2.45. The number of carbonyl (C=O) groups excluding carboxylic acids is 1. The Morgan fingerprint density at radius 3 is 2.28 bits per heavy atom. The number of morpholine rings is 1. The second-order valence-electron chi connectivity index (χ2n) is 7.05. The van der Waals surface area contributed by atoms with Crippen molar-refractivity contribution in [3.8, 4) is 0 Å². The summed E-state index contributed by atoms with van der Waals surface area (Å²) in [7, 11) is 0. The van der Waals surface area contributed by atoms with Crippen molar-refractivity contribution >= 4 is 12.0 Å². The third-order valence-corrected chi connectivity index (χ3v) is 5.18. The van der Waals surface area contributed by atoms with Gasteiger partial charge < -0.3 is 19.6 Å². The number of carbonyl (C=O) groups is 2. The minimum Gasteiger partial charge on any atom is -0.479 e. The van der Waals surface area contributed by atoms with E-state index in [-0.39, 0.29) is 11.9 Å². The number of nitrogens with zero attached hydrogens (tertiary/aromatic N) is 4. The summed E-state index contributed by atoms with van der Waals surface area (Å²) in [6.45, 7) is 7.20. The average Bonchev–Trinajstić information content (AvgIpc) is 3.12. The van der Waals surface area contributed by atoms with E-state index in [0.717, 1.165) is 5.69 Å². The van der Waals surface area contributed by atoms with Crippen molar-refractivity contribution in [3.63, 3.8) is 0 Å². The van der Waals surface area contributed by atoms with E-state index in [0.29, 0.717) is 52.2 Å². The van der Waals surface area contributed by atoms with Crippen LogP contribution in [0.2, 0.25) is 0 Å². The molecule has 1 N–H and O–H groups in total. The number of hydrogen-bond acceptors (Lipinski definition) is 4. The van der Waals surface area contributed by atoms with Crippen molar-refractivity contribution in [1.82, 2.24) is 19.6 Å². The van der Waals surface area contributed by atoms with Crippen LogP contribution in [0.1, 0.15) is 38.3 Å². The van der Waals surface area contributed by atoms with Gasteiger partial charge in [-0.1, -0.05) is 13.8 Å². The molecule has 0 spiro atoms. The lowest BCUT2D eigenvalue weighted by Gasteiger charge is -2.41. The lowest BCUT2D eigenvalue weighted by atomic mass is 9.87. The summed E-state index contributed by atoms with van der Waals surface area (Å²) in [6, 6.07) is 1.85. The Kier molecular flexibility index (Phi) is 4.99. The van der Waals surface area contributed by atoms with Crippen molar-refractivity contribution in [2.45, 2.75) is 38.1 Å². The van der Waals surface area contributed by atoms with E-state index in [9.17, 15) is 14.7 Å². The summed E-state index contributed by atoms with van der Waals surface area (Å²) in [4.78, 5) is 28.2. The Morgan fingerprint density at radius 1 is 1.16 bits per heavy atom. The Labute approximate surface area is 147 Å². The van der Waals surface area contributed by atoms with Gasteiger partial charge >= 0.3 is 12.0 Å². The summed E-state index contributed by atoms with van der Waals surface area (Å²) in [5.41, 5.74) is -0.193. The Bertz CT molecular complexity index is 628. The number of amides is 2. The molecule has 0 bridgehead atoms. The van der Waals surface area contributed by atoms with Gasteiger partial charge in [0, 0.05) is 45.2 Å². The summed E-state index contributed by atoms with van der Waals surface area (Å²) < 4.78 is 6.86. The molecule has 2 saturated heterocycles. The third-order valence-electron chi connectivity index (χ3n) is 5.18. The van der Waals surface area contributed by atoms with Crippen LogP contribution in [0, 0.1) is 0 Å². The van der Waals surface area contributed by atoms with Crippen molar-refractivity contribution in [2.24, 2.45) is 0 Å². The zero-order valence-electron chi connectivity index (χ0n) is 14.8. The number of likely N-dealkylation sites (tertiary alicyclic amines) is 1. The molecule has 0 saturated carbocycles. The molecular formula is C17H26N4O4. The molecule has 25 heavy (non-hydrogen) atoms. The van der Waals surface area contributed by atoms with Gasteiger partial charge in [-0.05, 0) is 12.0 Å². The summed E-state index contributed by atoms with van der Waals surface area (Å²) in [5.74, 6) is -0.639. The fourth-order valence-electron chi connectivity index (χ4n) is 3.45. The molecule has 1 aromatic rings. The molecule has 1 aromatic heterocycles. The molecule has 8 nitrogen and oxygen atoms in total. The zero-order chi connectivity index (χ0) is 18.0. The second kappa shape index (κ2) is 7.03. The van der Waals surface area contributed by atoms with Gasteiger partial charge in [-0.2, -0.15) is 5.10 Å².